The second-order valence-electron chi connectivity index (χ2n) is 3.94. The summed E-state index contributed by atoms with van der Waals surface area (Å²) in [4.78, 5) is 0. The topological polar surface area (TPSA) is 29.5 Å². The van der Waals surface area contributed by atoms with Crippen molar-refractivity contribution in [3.05, 3.63) is 0 Å². The highest BCUT2D eigenvalue weighted by Crippen LogP contribution is 2.13. The zero-order valence-corrected chi connectivity index (χ0v) is 9.42. The molecule has 0 fully saturated rings. The van der Waals surface area contributed by atoms with Crippen LogP contribution in [-0.4, -0.2) is 23.9 Å². The molecule has 2 atom stereocenters. The van der Waals surface area contributed by atoms with Gasteiger partial charge in [-0.05, 0) is 32.1 Å². The fraction of sp³-hybridized carbons (Fsp3) is 1.00. The highest BCUT2D eigenvalue weighted by Gasteiger charge is 2.17. The Morgan fingerprint density at radius 3 is 2.15 bits per heavy atom. The van der Waals surface area contributed by atoms with Gasteiger partial charge in [0.25, 0.3) is 0 Å². The molecule has 2 heteroatoms. The lowest BCUT2D eigenvalue weighted by molar-refractivity contribution is -0.0389. The number of aliphatic hydroxyl groups excluding tert-OH is 1. The first kappa shape index (κ1) is 12.9. The van der Waals surface area contributed by atoms with Gasteiger partial charge in [0.15, 0.2) is 0 Å². The van der Waals surface area contributed by atoms with Crippen LogP contribution < -0.4 is 0 Å². The molecule has 2 nitrogen and oxygen atoms in total. The molecule has 80 valence electrons. The van der Waals surface area contributed by atoms with Crippen LogP contribution >= 0.6 is 0 Å². The minimum Gasteiger partial charge on any atom is -0.390 e. The summed E-state index contributed by atoms with van der Waals surface area (Å²) in [7, 11) is 0. The Balaban J connectivity index is 3.69. The molecule has 2 unspecified atom stereocenters. The van der Waals surface area contributed by atoms with Crippen LogP contribution in [0.5, 0.6) is 0 Å². The van der Waals surface area contributed by atoms with Crippen LogP contribution in [0.25, 0.3) is 0 Å². The summed E-state index contributed by atoms with van der Waals surface area (Å²) in [6.07, 6.45) is 2.57. The lowest BCUT2D eigenvalue weighted by Crippen LogP contribution is -2.28. The van der Waals surface area contributed by atoms with Gasteiger partial charge in [-0.15, -0.1) is 0 Å². The molecule has 0 aliphatic rings. The summed E-state index contributed by atoms with van der Waals surface area (Å²) in [5.74, 6) is 0.661. The van der Waals surface area contributed by atoms with Crippen molar-refractivity contribution in [3.8, 4) is 0 Å². The van der Waals surface area contributed by atoms with Crippen LogP contribution in [0.4, 0.5) is 0 Å². The summed E-state index contributed by atoms with van der Waals surface area (Å²) >= 11 is 0. The molecule has 0 rings (SSSR count). The average Bonchev–Trinajstić information content (AvgIpc) is 2.10. The molecule has 0 heterocycles. The predicted octanol–water partition coefficient (Wildman–Crippen LogP) is 2.60. The van der Waals surface area contributed by atoms with Gasteiger partial charge in [-0.3, -0.25) is 0 Å². The van der Waals surface area contributed by atoms with E-state index in [1.54, 1.807) is 0 Å². The molecule has 0 aliphatic heterocycles. The maximum atomic E-state index is 9.76. The molecule has 0 aliphatic carbocycles. The predicted molar refractivity (Wildman–Crippen MR) is 55.8 cm³/mol. The fourth-order valence-electron chi connectivity index (χ4n) is 1.41. The second kappa shape index (κ2) is 7.34. The third-order valence-electron chi connectivity index (χ3n) is 2.25. The number of hydrogen-bond acceptors (Lipinski definition) is 2. The minimum atomic E-state index is -0.285. The van der Waals surface area contributed by atoms with E-state index in [-0.39, 0.29) is 12.2 Å². The van der Waals surface area contributed by atoms with Gasteiger partial charge in [-0.1, -0.05) is 20.8 Å². The first-order chi connectivity index (χ1) is 6.11. The number of aliphatic hydroxyl groups is 1. The molecule has 0 spiro atoms. The van der Waals surface area contributed by atoms with E-state index in [2.05, 4.69) is 20.8 Å². The summed E-state index contributed by atoms with van der Waals surface area (Å²) in [5, 5.41) is 9.76. The van der Waals surface area contributed by atoms with Crippen molar-refractivity contribution in [2.75, 3.05) is 6.61 Å². The zero-order valence-electron chi connectivity index (χ0n) is 9.42. The molecule has 0 aromatic heterocycles. The summed E-state index contributed by atoms with van der Waals surface area (Å²) in [5.41, 5.74) is 0. The maximum absolute atomic E-state index is 9.76. The number of hydrogen-bond donors (Lipinski definition) is 1. The molecule has 0 saturated heterocycles. The van der Waals surface area contributed by atoms with Gasteiger partial charge in [0.05, 0.1) is 12.2 Å². The molecule has 1 N–H and O–H groups in total. The van der Waals surface area contributed by atoms with Gasteiger partial charge >= 0.3 is 0 Å². The largest absolute Gasteiger partial charge is 0.390 e. The highest BCUT2D eigenvalue weighted by atomic mass is 16.5. The molecule has 0 aromatic carbocycles. The van der Waals surface area contributed by atoms with Crippen molar-refractivity contribution in [1.29, 1.82) is 0 Å². The smallest absolute Gasteiger partial charge is 0.0831 e. The van der Waals surface area contributed by atoms with Gasteiger partial charge < -0.3 is 9.84 Å². The molecule has 0 aromatic rings. The zero-order chi connectivity index (χ0) is 10.3. The lowest BCUT2D eigenvalue weighted by atomic mass is 10.0. The molecule has 0 bridgehead atoms. The Morgan fingerprint density at radius 2 is 1.77 bits per heavy atom. The first-order valence-electron chi connectivity index (χ1n) is 5.41. The Morgan fingerprint density at radius 1 is 1.15 bits per heavy atom. The van der Waals surface area contributed by atoms with E-state index in [1.807, 2.05) is 6.92 Å². The van der Waals surface area contributed by atoms with E-state index in [0.717, 1.165) is 19.3 Å². The third-order valence-corrected chi connectivity index (χ3v) is 2.25. The molecular formula is C11H24O2. The van der Waals surface area contributed by atoms with E-state index < -0.39 is 0 Å². The van der Waals surface area contributed by atoms with Crippen molar-refractivity contribution in [3.63, 3.8) is 0 Å². The second-order valence-corrected chi connectivity index (χ2v) is 3.94. The van der Waals surface area contributed by atoms with E-state index in [4.69, 9.17) is 4.74 Å². The van der Waals surface area contributed by atoms with Crippen molar-refractivity contribution < 1.29 is 9.84 Å². The maximum Gasteiger partial charge on any atom is 0.0831 e. The van der Waals surface area contributed by atoms with Gasteiger partial charge in [0.2, 0.25) is 0 Å². The normalized spacial score (nSPS) is 16.2. The fourth-order valence-corrected chi connectivity index (χ4v) is 1.41. The molecular weight excluding hydrogens is 164 g/mol. The van der Waals surface area contributed by atoms with Gasteiger partial charge in [-0.25, -0.2) is 0 Å². The van der Waals surface area contributed by atoms with Gasteiger partial charge in [0.1, 0.15) is 0 Å². The van der Waals surface area contributed by atoms with E-state index in [0.29, 0.717) is 12.5 Å². The van der Waals surface area contributed by atoms with Crippen molar-refractivity contribution in [2.45, 2.75) is 59.2 Å². The van der Waals surface area contributed by atoms with E-state index in [9.17, 15) is 5.11 Å². The standard InChI is InChI=1S/C11H24O2/c1-5-11(13-6-2)10(12)8-7-9(3)4/h9-12H,5-8H2,1-4H3. The van der Waals surface area contributed by atoms with Crippen molar-refractivity contribution in [2.24, 2.45) is 5.92 Å². The third kappa shape index (κ3) is 6.05. The molecule has 0 amide bonds. The van der Waals surface area contributed by atoms with Gasteiger partial charge in [-0.2, -0.15) is 0 Å². The Kier molecular flexibility index (Phi) is 7.29. The van der Waals surface area contributed by atoms with Crippen LogP contribution in [0.3, 0.4) is 0 Å². The van der Waals surface area contributed by atoms with E-state index >= 15 is 0 Å². The Hall–Kier alpha value is -0.0800. The van der Waals surface area contributed by atoms with Gasteiger partial charge in [0, 0.05) is 6.61 Å². The van der Waals surface area contributed by atoms with Crippen LogP contribution in [-0.2, 0) is 4.74 Å². The SMILES string of the molecule is CCOC(CC)C(O)CCC(C)C. The molecule has 13 heavy (non-hydrogen) atoms. The number of ether oxygens (including phenoxy) is 1. The first-order valence-corrected chi connectivity index (χ1v) is 5.41. The summed E-state index contributed by atoms with van der Waals surface area (Å²) < 4.78 is 5.44. The van der Waals surface area contributed by atoms with Crippen LogP contribution in [0.2, 0.25) is 0 Å². The van der Waals surface area contributed by atoms with Crippen LogP contribution in [0, 0.1) is 5.92 Å². The quantitative estimate of drug-likeness (QED) is 0.665. The Labute approximate surface area is 82.3 Å². The number of rotatable bonds is 7. The average molecular weight is 188 g/mol. The Bertz CT molecular complexity index is 113. The van der Waals surface area contributed by atoms with Crippen LogP contribution in [0.1, 0.15) is 47.0 Å². The summed E-state index contributed by atoms with van der Waals surface area (Å²) in [6, 6.07) is 0. The molecule has 0 saturated carbocycles. The summed E-state index contributed by atoms with van der Waals surface area (Å²) in [6.45, 7) is 9.07. The van der Waals surface area contributed by atoms with Crippen LogP contribution in [0.15, 0.2) is 0 Å². The lowest BCUT2D eigenvalue weighted by Gasteiger charge is -2.21. The van der Waals surface area contributed by atoms with E-state index in [1.165, 1.54) is 0 Å². The monoisotopic (exact) mass is 188 g/mol. The minimum absolute atomic E-state index is 0.0312. The highest BCUT2D eigenvalue weighted by molar-refractivity contribution is 4.68. The van der Waals surface area contributed by atoms with Crippen molar-refractivity contribution in [1.82, 2.24) is 0 Å². The van der Waals surface area contributed by atoms with Crippen molar-refractivity contribution >= 4 is 0 Å². The molecule has 0 radical (unpaired) electrons.